The molecule has 0 radical (unpaired) electrons. The molecule has 0 amide bonds. The van der Waals surface area contributed by atoms with Crippen LogP contribution < -0.4 is 19.8 Å². The zero-order valence-electron chi connectivity index (χ0n) is 17.4. The predicted octanol–water partition coefficient (Wildman–Crippen LogP) is 4.16. The summed E-state index contributed by atoms with van der Waals surface area (Å²) < 4.78 is 18.8. The molecule has 3 aromatic rings. The SMILES string of the molecule is Cc1cc(C)cc(OCCCn2nc(-c3ccc4c(c3)OCCCO4)ccc2=O)c1. The number of fused-ring (bicyclic) bond motifs is 1. The lowest BCUT2D eigenvalue weighted by molar-refractivity contribution is 0.297. The van der Waals surface area contributed by atoms with Crippen LogP contribution in [-0.4, -0.2) is 29.6 Å². The maximum absolute atomic E-state index is 12.2. The number of benzene rings is 2. The second kappa shape index (κ2) is 9.03. The third kappa shape index (κ3) is 4.82. The third-order valence-corrected chi connectivity index (χ3v) is 4.89. The van der Waals surface area contributed by atoms with Crippen LogP contribution in [0.1, 0.15) is 24.0 Å². The van der Waals surface area contributed by atoms with Crippen molar-refractivity contribution in [2.75, 3.05) is 19.8 Å². The van der Waals surface area contributed by atoms with E-state index in [-0.39, 0.29) is 5.56 Å². The highest BCUT2D eigenvalue weighted by molar-refractivity contribution is 5.63. The Morgan fingerprint density at radius 2 is 1.73 bits per heavy atom. The van der Waals surface area contributed by atoms with Gasteiger partial charge in [-0.3, -0.25) is 4.79 Å². The Kier molecular flexibility index (Phi) is 6.02. The first kappa shape index (κ1) is 20.0. The van der Waals surface area contributed by atoms with Crippen molar-refractivity contribution >= 4 is 0 Å². The molecule has 0 atom stereocenters. The van der Waals surface area contributed by atoms with Crippen molar-refractivity contribution in [1.29, 1.82) is 0 Å². The molecule has 156 valence electrons. The summed E-state index contributed by atoms with van der Waals surface area (Å²) >= 11 is 0. The first-order valence-electron chi connectivity index (χ1n) is 10.3. The van der Waals surface area contributed by atoms with Crippen molar-refractivity contribution in [2.24, 2.45) is 0 Å². The third-order valence-electron chi connectivity index (χ3n) is 4.89. The summed E-state index contributed by atoms with van der Waals surface area (Å²) in [6.45, 7) is 6.39. The van der Waals surface area contributed by atoms with Crippen molar-refractivity contribution in [2.45, 2.75) is 33.2 Å². The van der Waals surface area contributed by atoms with Crippen LogP contribution in [0.2, 0.25) is 0 Å². The van der Waals surface area contributed by atoms with E-state index in [4.69, 9.17) is 14.2 Å². The highest BCUT2D eigenvalue weighted by atomic mass is 16.5. The van der Waals surface area contributed by atoms with Crippen molar-refractivity contribution in [3.63, 3.8) is 0 Å². The summed E-state index contributed by atoms with van der Waals surface area (Å²) in [5.41, 5.74) is 3.83. The van der Waals surface area contributed by atoms with E-state index in [1.807, 2.05) is 30.3 Å². The minimum Gasteiger partial charge on any atom is -0.494 e. The number of hydrogen-bond acceptors (Lipinski definition) is 5. The first-order chi connectivity index (χ1) is 14.6. The molecule has 6 nitrogen and oxygen atoms in total. The second-order valence-electron chi connectivity index (χ2n) is 7.52. The van der Waals surface area contributed by atoms with E-state index in [9.17, 15) is 4.79 Å². The number of hydrogen-bond donors (Lipinski definition) is 0. The monoisotopic (exact) mass is 406 g/mol. The topological polar surface area (TPSA) is 62.6 Å². The maximum Gasteiger partial charge on any atom is 0.266 e. The maximum atomic E-state index is 12.2. The lowest BCUT2D eigenvalue weighted by Gasteiger charge is -2.11. The van der Waals surface area contributed by atoms with Crippen LogP contribution in [0.5, 0.6) is 17.2 Å². The fraction of sp³-hybridized carbons (Fsp3) is 0.333. The molecule has 0 fully saturated rings. The Labute approximate surface area is 176 Å². The van der Waals surface area contributed by atoms with Gasteiger partial charge in [-0.05, 0) is 61.4 Å². The molecule has 1 aromatic heterocycles. The standard InChI is InChI=1S/C24H26N2O4/c1-17-13-18(2)15-20(14-17)28-10-3-9-26-24(27)8-6-21(25-26)19-5-7-22-23(16-19)30-12-4-11-29-22/h5-8,13-16H,3-4,9-12H2,1-2H3. The smallest absolute Gasteiger partial charge is 0.266 e. The van der Waals surface area contributed by atoms with Gasteiger partial charge in [0, 0.05) is 31.0 Å². The van der Waals surface area contributed by atoms with E-state index in [2.05, 4.69) is 25.0 Å². The van der Waals surface area contributed by atoms with Crippen molar-refractivity contribution in [3.8, 4) is 28.5 Å². The van der Waals surface area contributed by atoms with Gasteiger partial charge in [0.2, 0.25) is 0 Å². The highest BCUT2D eigenvalue weighted by Gasteiger charge is 2.12. The molecule has 1 aliphatic heterocycles. The van der Waals surface area contributed by atoms with Gasteiger partial charge in [0.05, 0.1) is 25.5 Å². The van der Waals surface area contributed by atoms with Gasteiger partial charge in [0.25, 0.3) is 5.56 Å². The molecule has 30 heavy (non-hydrogen) atoms. The van der Waals surface area contributed by atoms with E-state index >= 15 is 0 Å². The van der Waals surface area contributed by atoms with Crippen molar-refractivity contribution in [1.82, 2.24) is 9.78 Å². The molecule has 0 aliphatic carbocycles. The molecule has 4 rings (SSSR count). The molecule has 0 bridgehead atoms. The highest BCUT2D eigenvalue weighted by Crippen LogP contribution is 2.33. The fourth-order valence-corrected chi connectivity index (χ4v) is 3.51. The average molecular weight is 406 g/mol. The Hall–Kier alpha value is -3.28. The lowest BCUT2D eigenvalue weighted by atomic mass is 10.1. The number of aryl methyl sites for hydroxylation is 3. The molecule has 0 saturated heterocycles. The molecule has 2 aromatic carbocycles. The van der Waals surface area contributed by atoms with E-state index in [1.165, 1.54) is 15.8 Å². The quantitative estimate of drug-likeness (QED) is 0.575. The van der Waals surface area contributed by atoms with Gasteiger partial charge in [-0.1, -0.05) is 6.07 Å². The molecule has 6 heteroatoms. The van der Waals surface area contributed by atoms with Gasteiger partial charge in [-0.25, -0.2) is 4.68 Å². The van der Waals surface area contributed by atoms with Gasteiger partial charge < -0.3 is 14.2 Å². The molecule has 0 N–H and O–H groups in total. The Morgan fingerprint density at radius 3 is 2.53 bits per heavy atom. The Morgan fingerprint density at radius 1 is 0.967 bits per heavy atom. The zero-order chi connectivity index (χ0) is 20.9. The minimum absolute atomic E-state index is 0.125. The van der Waals surface area contributed by atoms with Crippen molar-refractivity contribution < 1.29 is 14.2 Å². The zero-order valence-corrected chi connectivity index (χ0v) is 17.4. The largest absolute Gasteiger partial charge is 0.494 e. The van der Waals surface area contributed by atoms with Gasteiger partial charge in [0.1, 0.15) is 5.75 Å². The van der Waals surface area contributed by atoms with Crippen LogP contribution in [0.15, 0.2) is 53.3 Å². The van der Waals surface area contributed by atoms with Crippen molar-refractivity contribution in [3.05, 3.63) is 70.0 Å². The van der Waals surface area contributed by atoms with Crippen LogP contribution >= 0.6 is 0 Å². The van der Waals surface area contributed by atoms with Crippen LogP contribution in [0.3, 0.4) is 0 Å². The number of nitrogens with zero attached hydrogens (tertiary/aromatic N) is 2. The molecular formula is C24H26N2O4. The molecular weight excluding hydrogens is 380 g/mol. The number of aromatic nitrogens is 2. The van der Waals surface area contributed by atoms with E-state index < -0.39 is 0 Å². The van der Waals surface area contributed by atoms with Crippen LogP contribution in [-0.2, 0) is 6.54 Å². The molecule has 1 aliphatic rings. The van der Waals surface area contributed by atoms with E-state index in [0.717, 1.165) is 29.2 Å². The van der Waals surface area contributed by atoms with Crippen LogP contribution in [0, 0.1) is 13.8 Å². The van der Waals surface area contributed by atoms with Gasteiger partial charge in [-0.15, -0.1) is 0 Å². The second-order valence-corrected chi connectivity index (χ2v) is 7.52. The molecule has 0 saturated carbocycles. The van der Waals surface area contributed by atoms with Gasteiger partial charge in [-0.2, -0.15) is 5.10 Å². The Bertz CT molecular complexity index is 1070. The lowest BCUT2D eigenvalue weighted by Crippen LogP contribution is -2.23. The number of rotatable bonds is 6. The summed E-state index contributed by atoms with van der Waals surface area (Å²) in [6, 6.07) is 15.2. The average Bonchev–Trinajstić information content (AvgIpc) is 2.96. The van der Waals surface area contributed by atoms with E-state index in [1.54, 1.807) is 12.1 Å². The fourth-order valence-electron chi connectivity index (χ4n) is 3.51. The minimum atomic E-state index is -0.125. The summed E-state index contributed by atoms with van der Waals surface area (Å²) in [7, 11) is 0. The van der Waals surface area contributed by atoms with Crippen LogP contribution in [0.4, 0.5) is 0 Å². The summed E-state index contributed by atoms with van der Waals surface area (Å²) in [5, 5.41) is 4.54. The normalized spacial score (nSPS) is 13.0. The molecule has 0 spiro atoms. The van der Waals surface area contributed by atoms with Gasteiger partial charge >= 0.3 is 0 Å². The Balaban J connectivity index is 1.43. The first-order valence-corrected chi connectivity index (χ1v) is 10.3. The molecule has 0 unspecified atom stereocenters. The summed E-state index contributed by atoms with van der Waals surface area (Å²) in [6.07, 6.45) is 1.54. The van der Waals surface area contributed by atoms with Crippen LogP contribution in [0.25, 0.3) is 11.3 Å². The summed E-state index contributed by atoms with van der Waals surface area (Å²) in [5.74, 6) is 2.31. The molecule has 2 heterocycles. The van der Waals surface area contributed by atoms with E-state index in [0.29, 0.717) is 38.5 Å². The predicted molar refractivity (Wildman–Crippen MR) is 116 cm³/mol. The number of ether oxygens (including phenoxy) is 3. The van der Waals surface area contributed by atoms with Gasteiger partial charge in [0.15, 0.2) is 11.5 Å². The summed E-state index contributed by atoms with van der Waals surface area (Å²) in [4.78, 5) is 12.2.